The van der Waals surface area contributed by atoms with Gasteiger partial charge in [-0.15, -0.1) is 5.10 Å². The average molecular weight is 407 g/mol. The Morgan fingerprint density at radius 2 is 1.67 bits per heavy atom. The van der Waals surface area contributed by atoms with Gasteiger partial charge in [0.15, 0.2) is 0 Å². The third kappa shape index (κ3) is 4.44. The SMILES string of the molecule is NCCCCOc1ccc(-c2c(Cl)cc(-n3nc(N)nc3N)cc2Cl)cc1. The Hall–Kier alpha value is -2.48. The molecule has 0 fully saturated rings. The minimum Gasteiger partial charge on any atom is -0.494 e. The molecular weight excluding hydrogens is 387 g/mol. The van der Waals surface area contributed by atoms with Crippen molar-refractivity contribution >= 4 is 35.1 Å². The summed E-state index contributed by atoms with van der Waals surface area (Å²) < 4.78 is 7.07. The van der Waals surface area contributed by atoms with Gasteiger partial charge in [-0.3, -0.25) is 0 Å². The molecule has 9 heteroatoms. The van der Waals surface area contributed by atoms with E-state index in [2.05, 4.69) is 10.1 Å². The number of benzene rings is 2. The van der Waals surface area contributed by atoms with Gasteiger partial charge in [0.1, 0.15) is 5.75 Å². The van der Waals surface area contributed by atoms with E-state index < -0.39 is 0 Å². The first-order valence-electron chi connectivity index (χ1n) is 8.40. The lowest BCUT2D eigenvalue weighted by molar-refractivity contribution is 0.308. The van der Waals surface area contributed by atoms with Crippen LogP contribution in [0.1, 0.15) is 12.8 Å². The molecule has 0 atom stereocenters. The number of hydrogen-bond donors (Lipinski definition) is 3. The van der Waals surface area contributed by atoms with Gasteiger partial charge in [-0.2, -0.15) is 9.67 Å². The summed E-state index contributed by atoms with van der Waals surface area (Å²) in [6.07, 6.45) is 1.87. The minimum absolute atomic E-state index is 0.0749. The van der Waals surface area contributed by atoms with Gasteiger partial charge in [-0.05, 0) is 49.2 Å². The zero-order chi connectivity index (χ0) is 19.4. The molecule has 3 rings (SSSR count). The molecule has 2 aromatic carbocycles. The molecule has 0 unspecified atom stereocenters. The molecule has 0 aliphatic heterocycles. The number of nitrogen functional groups attached to an aromatic ring is 2. The number of nitrogens with two attached hydrogens (primary N) is 3. The molecule has 6 N–H and O–H groups in total. The molecule has 0 aliphatic rings. The summed E-state index contributed by atoms with van der Waals surface area (Å²) in [7, 11) is 0. The van der Waals surface area contributed by atoms with Crippen molar-refractivity contribution in [3.63, 3.8) is 0 Å². The first kappa shape index (κ1) is 19.3. The highest BCUT2D eigenvalue weighted by molar-refractivity contribution is 6.39. The fraction of sp³-hybridized carbons (Fsp3) is 0.222. The Kier molecular flexibility index (Phi) is 6.05. The third-order valence-electron chi connectivity index (χ3n) is 3.93. The van der Waals surface area contributed by atoms with E-state index in [1.54, 1.807) is 12.1 Å². The molecule has 0 radical (unpaired) electrons. The maximum atomic E-state index is 6.48. The fourth-order valence-electron chi connectivity index (χ4n) is 2.64. The van der Waals surface area contributed by atoms with Crippen LogP contribution in [-0.2, 0) is 0 Å². The van der Waals surface area contributed by atoms with E-state index in [9.17, 15) is 0 Å². The molecule has 3 aromatic rings. The van der Waals surface area contributed by atoms with Gasteiger partial charge >= 0.3 is 0 Å². The van der Waals surface area contributed by atoms with Gasteiger partial charge in [0.05, 0.1) is 22.3 Å². The lowest BCUT2D eigenvalue weighted by Gasteiger charge is -2.12. The average Bonchev–Trinajstić information content (AvgIpc) is 2.97. The molecule has 0 saturated carbocycles. The second kappa shape index (κ2) is 8.47. The molecule has 0 amide bonds. The van der Waals surface area contributed by atoms with E-state index in [0.29, 0.717) is 34.4 Å². The van der Waals surface area contributed by atoms with Gasteiger partial charge in [-0.25, -0.2) is 0 Å². The number of hydrogen-bond acceptors (Lipinski definition) is 6. The fourth-order valence-corrected chi connectivity index (χ4v) is 3.34. The Morgan fingerprint density at radius 1 is 1.00 bits per heavy atom. The maximum Gasteiger partial charge on any atom is 0.241 e. The van der Waals surface area contributed by atoms with Crippen LogP contribution in [-0.4, -0.2) is 27.9 Å². The van der Waals surface area contributed by atoms with Gasteiger partial charge in [0.2, 0.25) is 11.9 Å². The van der Waals surface area contributed by atoms with Crippen molar-refractivity contribution in [2.75, 3.05) is 24.6 Å². The highest BCUT2D eigenvalue weighted by Crippen LogP contribution is 2.37. The summed E-state index contributed by atoms with van der Waals surface area (Å²) in [6, 6.07) is 11.0. The van der Waals surface area contributed by atoms with E-state index in [0.717, 1.165) is 24.2 Å². The normalized spacial score (nSPS) is 10.9. The van der Waals surface area contributed by atoms with E-state index >= 15 is 0 Å². The predicted octanol–water partition coefficient (Wildman–Crippen LogP) is 3.52. The van der Waals surface area contributed by atoms with Crippen LogP contribution in [0.4, 0.5) is 11.9 Å². The van der Waals surface area contributed by atoms with Crippen LogP contribution in [0.25, 0.3) is 16.8 Å². The van der Waals surface area contributed by atoms with Crippen LogP contribution >= 0.6 is 23.2 Å². The summed E-state index contributed by atoms with van der Waals surface area (Å²) in [6.45, 7) is 1.30. The summed E-state index contributed by atoms with van der Waals surface area (Å²) in [5, 5.41) is 4.96. The molecule has 142 valence electrons. The molecule has 0 bridgehead atoms. The van der Waals surface area contributed by atoms with E-state index in [-0.39, 0.29) is 11.9 Å². The third-order valence-corrected chi connectivity index (χ3v) is 4.53. The number of anilines is 2. The monoisotopic (exact) mass is 406 g/mol. The number of aromatic nitrogens is 3. The standard InChI is InChI=1S/C18H20Cl2N6O/c19-14-9-12(26-18(23)24-17(22)25-26)10-15(20)16(14)11-3-5-13(6-4-11)27-8-2-1-7-21/h3-6,9-10H,1-2,7-8,21H2,(H4,22,23,24,25). The minimum atomic E-state index is 0.0749. The van der Waals surface area contributed by atoms with E-state index in [1.165, 1.54) is 4.68 Å². The molecular formula is C18H20Cl2N6O. The van der Waals surface area contributed by atoms with Crippen LogP contribution in [0.15, 0.2) is 36.4 Å². The highest BCUT2D eigenvalue weighted by Gasteiger charge is 2.14. The van der Waals surface area contributed by atoms with Crippen molar-refractivity contribution in [1.82, 2.24) is 14.8 Å². The molecule has 0 saturated heterocycles. The largest absolute Gasteiger partial charge is 0.494 e. The van der Waals surface area contributed by atoms with Crippen LogP contribution < -0.4 is 21.9 Å². The highest BCUT2D eigenvalue weighted by atomic mass is 35.5. The zero-order valence-electron chi connectivity index (χ0n) is 14.5. The van der Waals surface area contributed by atoms with Crippen molar-refractivity contribution in [2.24, 2.45) is 5.73 Å². The molecule has 0 aliphatic carbocycles. The zero-order valence-corrected chi connectivity index (χ0v) is 16.0. The lowest BCUT2D eigenvalue weighted by Crippen LogP contribution is -2.03. The Labute approximate surface area is 167 Å². The topological polar surface area (TPSA) is 118 Å². The molecule has 1 heterocycles. The van der Waals surface area contributed by atoms with Crippen molar-refractivity contribution in [3.05, 3.63) is 46.4 Å². The molecule has 0 spiro atoms. The second-order valence-electron chi connectivity index (χ2n) is 5.89. The maximum absolute atomic E-state index is 6.48. The lowest BCUT2D eigenvalue weighted by atomic mass is 10.0. The Bertz CT molecular complexity index is 903. The second-order valence-corrected chi connectivity index (χ2v) is 6.71. The number of unbranched alkanes of at least 4 members (excludes halogenated alkanes) is 1. The summed E-state index contributed by atoms with van der Waals surface area (Å²) in [5.41, 5.74) is 19.0. The quantitative estimate of drug-likeness (QED) is 0.516. The number of nitrogens with zero attached hydrogens (tertiary/aromatic N) is 3. The van der Waals surface area contributed by atoms with E-state index in [1.807, 2.05) is 24.3 Å². The van der Waals surface area contributed by atoms with Gasteiger partial charge in [0.25, 0.3) is 0 Å². The molecule has 1 aromatic heterocycles. The van der Waals surface area contributed by atoms with Gasteiger partial charge < -0.3 is 21.9 Å². The van der Waals surface area contributed by atoms with Crippen LogP contribution in [0, 0.1) is 0 Å². The molecule has 7 nitrogen and oxygen atoms in total. The van der Waals surface area contributed by atoms with Crippen LogP contribution in [0.2, 0.25) is 10.0 Å². The van der Waals surface area contributed by atoms with Crippen LogP contribution in [0.5, 0.6) is 5.75 Å². The van der Waals surface area contributed by atoms with Crippen molar-refractivity contribution < 1.29 is 4.74 Å². The van der Waals surface area contributed by atoms with Crippen molar-refractivity contribution in [1.29, 1.82) is 0 Å². The first-order chi connectivity index (χ1) is 13.0. The number of rotatable bonds is 7. The summed E-state index contributed by atoms with van der Waals surface area (Å²) in [5.74, 6) is 1.01. The van der Waals surface area contributed by atoms with E-state index in [4.69, 9.17) is 45.1 Å². The number of ether oxygens (including phenoxy) is 1. The number of halogens is 2. The van der Waals surface area contributed by atoms with Crippen molar-refractivity contribution in [3.8, 4) is 22.6 Å². The van der Waals surface area contributed by atoms with Gasteiger partial charge in [-0.1, -0.05) is 35.3 Å². The first-order valence-corrected chi connectivity index (χ1v) is 9.16. The predicted molar refractivity (Wildman–Crippen MR) is 109 cm³/mol. The van der Waals surface area contributed by atoms with Gasteiger partial charge in [0, 0.05) is 5.56 Å². The molecule has 27 heavy (non-hydrogen) atoms. The van der Waals surface area contributed by atoms with Crippen LogP contribution in [0.3, 0.4) is 0 Å². The van der Waals surface area contributed by atoms with Crippen molar-refractivity contribution in [2.45, 2.75) is 12.8 Å². The Balaban J connectivity index is 1.83. The summed E-state index contributed by atoms with van der Waals surface area (Å²) in [4.78, 5) is 3.87. The smallest absolute Gasteiger partial charge is 0.241 e. The summed E-state index contributed by atoms with van der Waals surface area (Å²) >= 11 is 13.0. The Morgan fingerprint density at radius 3 is 2.22 bits per heavy atom.